The molecule has 0 saturated carbocycles. The molecule has 2 atom stereocenters. The molecule has 5 nitrogen and oxygen atoms in total. The zero-order chi connectivity index (χ0) is 15.5. The number of rotatable bonds is 4. The van der Waals surface area contributed by atoms with Gasteiger partial charge in [0.25, 0.3) is 0 Å². The van der Waals surface area contributed by atoms with Crippen LogP contribution in [-0.2, 0) is 15.7 Å². The number of benzene rings is 1. The van der Waals surface area contributed by atoms with Crippen LogP contribution in [0.2, 0.25) is 0 Å². The van der Waals surface area contributed by atoms with Crippen molar-refractivity contribution in [2.45, 2.75) is 24.8 Å². The highest BCUT2D eigenvalue weighted by atomic mass is 19.4. The van der Waals surface area contributed by atoms with Gasteiger partial charge >= 0.3 is 12.1 Å². The Morgan fingerprint density at radius 2 is 2.00 bits per heavy atom. The number of aliphatic hydroxyl groups is 2. The van der Waals surface area contributed by atoms with Crippen molar-refractivity contribution < 1.29 is 32.9 Å². The Morgan fingerprint density at radius 1 is 1.40 bits per heavy atom. The number of ether oxygens (including phenoxy) is 1. The highest BCUT2D eigenvalue weighted by Gasteiger charge is 2.32. The molecule has 0 saturated heterocycles. The van der Waals surface area contributed by atoms with Crippen LogP contribution in [0.25, 0.3) is 0 Å². The average molecular weight is 293 g/mol. The molecule has 112 valence electrons. The summed E-state index contributed by atoms with van der Waals surface area (Å²) in [4.78, 5) is 11.0. The summed E-state index contributed by atoms with van der Waals surface area (Å²) in [5, 5.41) is 19.4. The van der Waals surface area contributed by atoms with E-state index in [-0.39, 0.29) is 11.3 Å². The lowest BCUT2D eigenvalue weighted by Gasteiger charge is -2.19. The van der Waals surface area contributed by atoms with Crippen LogP contribution in [0.15, 0.2) is 18.2 Å². The molecule has 1 rings (SSSR count). The number of esters is 1. The van der Waals surface area contributed by atoms with Gasteiger partial charge in [-0.15, -0.1) is 0 Å². The van der Waals surface area contributed by atoms with Gasteiger partial charge in [0.2, 0.25) is 0 Å². The van der Waals surface area contributed by atoms with Crippen molar-refractivity contribution in [3.05, 3.63) is 29.3 Å². The number of carbonyl (C=O) groups excluding carboxylic acids is 1. The summed E-state index contributed by atoms with van der Waals surface area (Å²) in [5.41, 5.74) is 4.06. The van der Waals surface area contributed by atoms with E-state index in [0.29, 0.717) is 6.07 Å². The number of halogens is 3. The molecule has 0 spiro atoms. The summed E-state index contributed by atoms with van der Waals surface area (Å²) in [6, 6.07) is 2.35. The van der Waals surface area contributed by atoms with Gasteiger partial charge in [-0.2, -0.15) is 13.2 Å². The fourth-order valence-corrected chi connectivity index (χ4v) is 1.59. The third-order valence-electron chi connectivity index (χ3n) is 2.70. The third-order valence-corrected chi connectivity index (χ3v) is 2.70. The highest BCUT2D eigenvalue weighted by molar-refractivity contribution is 5.70. The van der Waals surface area contributed by atoms with Crippen molar-refractivity contribution in [1.82, 2.24) is 0 Å². The number of aliphatic hydroxyl groups excluding tert-OH is 2. The minimum absolute atomic E-state index is 0.0885. The van der Waals surface area contributed by atoms with Crippen LogP contribution < -0.4 is 5.73 Å². The molecule has 0 aliphatic rings. The van der Waals surface area contributed by atoms with Gasteiger partial charge in [-0.25, -0.2) is 0 Å². The number of hydrogen-bond acceptors (Lipinski definition) is 5. The molecular weight excluding hydrogens is 279 g/mol. The molecule has 0 amide bonds. The molecule has 0 aromatic heterocycles. The van der Waals surface area contributed by atoms with Crippen molar-refractivity contribution in [3.8, 4) is 0 Å². The largest absolute Gasteiger partial charge is 0.469 e. The summed E-state index contributed by atoms with van der Waals surface area (Å²) < 4.78 is 41.7. The maximum absolute atomic E-state index is 12.4. The minimum Gasteiger partial charge on any atom is -0.469 e. The van der Waals surface area contributed by atoms with E-state index in [9.17, 15) is 28.2 Å². The van der Waals surface area contributed by atoms with Gasteiger partial charge in [-0.05, 0) is 12.1 Å². The predicted molar refractivity (Wildman–Crippen MR) is 63.5 cm³/mol. The van der Waals surface area contributed by atoms with Crippen LogP contribution in [0.1, 0.15) is 23.7 Å². The molecule has 20 heavy (non-hydrogen) atoms. The lowest BCUT2D eigenvalue weighted by atomic mass is 9.99. The number of anilines is 1. The van der Waals surface area contributed by atoms with Gasteiger partial charge in [-0.3, -0.25) is 4.79 Å². The predicted octanol–water partition coefficient (Wildman–Crippen LogP) is 1.24. The summed E-state index contributed by atoms with van der Waals surface area (Å²) in [6.45, 7) is 0. The highest BCUT2D eigenvalue weighted by Crippen LogP contribution is 2.33. The van der Waals surface area contributed by atoms with E-state index in [0.717, 1.165) is 19.2 Å². The van der Waals surface area contributed by atoms with Crippen LogP contribution >= 0.6 is 0 Å². The second-order valence-corrected chi connectivity index (χ2v) is 4.13. The summed E-state index contributed by atoms with van der Waals surface area (Å²) >= 11 is 0. The normalized spacial score (nSPS) is 14.7. The molecule has 0 radical (unpaired) electrons. The first-order chi connectivity index (χ1) is 9.16. The molecule has 0 aliphatic carbocycles. The zero-order valence-electron chi connectivity index (χ0n) is 10.5. The van der Waals surface area contributed by atoms with Gasteiger partial charge in [0.1, 0.15) is 6.10 Å². The molecule has 0 aliphatic heterocycles. The van der Waals surface area contributed by atoms with Crippen LogP contribution in [0.3, 0.4) is 0 Å². The van der Waals surface area contributed by atoms with E-state index in [2.05, 4.69) is 4.74 Å². The quantitative estimate of drug-likeness (QED) is 0.574. The van der Waals surface area contributed by atoms with Crippen LogP contribution in [0.5, 0.6) is 0 Å². The molecule has 2 unspecified atom stereocenters. The summed E-state index contributed by atoms with van der Waals surface area (Å²) in [7, 11) is 1.11. The number of hydrogen-bond donors (Lipinski definition) is 3. The van der Waals surface area contributed by atoms with E-state index in [4.69, 9.17) is 5.73 Å². The maximum Gasteiger partial charge on any atom is 0.416 e. The monoisotopic (exact) mass is 293 g/mol. The number of nitrogen functional groups attached to an aromatic ring is 1. The molecule has 8 heteroatoms. The van der Waals surface area contributed by atoms with E-state index in [1.807, 2.05) is 0 Å². The van der Waals surface area contributed by atoms with Crippen molar-refractivity contribution in [3.63, 3.8) is 0 Å². The van der Waals surface area contributed by atoms with Gasteiger partial charge < -0.3 is 20.7 Å². The molecule has 0 bridgehead atoms. The first-order valence-electron chi connectivity index (χ1n) is 5.56. The first-order valence-corrected chi connectivity index (χ1v) is 5.56. The molecule has 1 aromatic rings. The molecular formula is C12H14F3NO4. The third kappa shape index (κ3) is 3.84. The fraction of sp³-hybridized carbons (Fsp3) is 0.417. The Hall–Kier alpha value is -1.80. The summed E-state index contributed by atoms with van der Waals surface area (Å²) in [5.74, 6) is -0.762. The zero-order valence-corrected chi connectivity index (χ0v) is 10.5. The SMILES string of the molecule is COC(=O)CC(O)C(O)c1ccc(C(F)(F)F)cc1N. The van der Waals surface area contributed by atoms with Gasteiger partial charge in [0.05, 0.1) is 25.2 Å². The van der Waals surface area contributed by atoms with E-state index < -0.39 is 36.3 Å². The molecule has 0 heterocycles. The molecule has 1 aromatic carbocycles. The number of alkyl halides is 3. The molecule has 4 N–H and O–H groups in total. The molecule has 0 fully saturated rings. The van der Waals surface area contributed by atoms with Crippen LogP contribution in [0, 0.1) is 0 Å². The first kappa shape index (κ1) is 16.3. The smallest absolute Gasteiger partial charge is 0.416 e. The van der Waals surface area contributed by atoms with Crippen LogP contribution in [-0.4, -0.2) is 29.4 Å². The van der Waals surface area contributed by atoms with Gasteiger partial charge in [0, 0.05) is 11.3 Å². The Balaban J connectivity index is 2.94. The fourth-order valence-electron chi connectivity index (χ4n) is 1.59. The van der Waals surface area contributed by atoms with Gasteiger partial charge in [-0.1, -0.05) is 6.07 Å². The maximum atomic E-state index is 12.4. The number of methoxy groups -OCH3 is 1. The minimum atomic E-state index is -4.55. The van der Waals surface area contributed by atoms with Crippen molar-refractivity contribution in [2.24, 2.45) is 0 Å². The van der Waals surface area contributed by atoms with E-state index in [1.165, 1.54) is 0 Å². The topological polar surface area (TPSA) is 92.8 Å². The van der Waals surface area contributed by atoms with E-state index in [1.54, 1.807) is 0 Å². The number of carbonyl (C=O) groups is 1. The summed E-state index contributed by atoms with van der Waals surface area (Å²) in [6.07, 6.45) is -8.17. The van der Waals surface area contributed by atoms with Crippen molar-refractivity contribution in [2.75, 3.05) is 12.8 Å². The second kappa shape index (κ2) is 6.10. The lowest BCUT2D eigenvalue weighted by Crippen LogP contribution is -2.23. The Bertz CT molecular complexity index is 490. The lowest BCUT2D eigenvalue weighted by molar-refractivity contribution is -0.144. The Morgan fingerprint density at radius 3 is 2.45 bits per heavy atom. The van der Waals surface area contributed by atoms with Gasteiger partial charge in [0.15, 0.2) is 0 Å². The van der Waals surface area contributed by atoms with Crippen LogP contribution in [0.4, 0.5) is 18.9 Å². The number of nitrogens with two attached hydrogens (primary N) is 1. The average Bonchev–Trinajstić information content (AvgIpc) is 2.36. The van der Waals surface area contributed by atoms with Crippen molar-refractivity contribution >= 4 is 11.7 Å². The van der Waals surface area contributed by atoms with Crippen molar-refractivity contribution in [1.29, 1.82) is 0 Å². The standard InChI is InChI=1S/C12H14F3NO4/c1-20-10(18)5-9(17)11(19)7-3-2-6(4-8(7)16)12(13,14)15/h2-4,9,11,17,19H,5,16H2,1H3. The Kier molecular flexibility index (Phi) is 4.96. The van der Waals surface area contributed by atoms with E-state index >= 15 is 0 Å². The Labute approximate surface area is 112 Å². The second-order valence-electron chi connectivity index (χ2n) is 4.13.